The molecule has 0 bridgehead atoms. The maximum Gasteiger partial charge on any atom is 0.116 e. The summed E-state index contributed by atoms with van der Waals surface area (Å²) in [5.74, 6) is 6.63. The van der Waals surface area contributed by atoms with Crippen LogP contribution in [0, 0.1) is 11.8 Å². The lowest BCUT2D eigenvalue weighted by molar-refractivity contribution is 0.737. The number of nitrogens with zero attached hydrogens (tertiary/aromatic N) is 2. The first-order valence-corrected chi connectivity index (χ1v) is 8.25. The number of unbranched alkanes of at least 4 members (excludes halogenated alkanes) is 3. The molecule has 0 fully saturated rings. The van der Waals surface area contributed by atoms with Crippen LogP contribution in [0.4, 0.5) is 0 Å². The summed E-state index contributed by atoms with van der Waals surface area (Å²) in [6, 6.07) is 12.8. The van der Waals surface area contributed by atoms with E-state index in [1.165, 1.54) is 35.4 Å². The van der Waals surface area contributed by atoms with Crippen molar-refractivity contribution in [2.75, 3.05) is 0 Å². The lowest BCUT2D eigenvalue weighted by atomic mass is 9.96. The summed E-state index contributed by atoms with van der Waals surface area (Å²) < 4.78 is 0. The number of hydrogen-bond donors (Lipinski definition) is 0. The smallest absolute Gasteiger partial charge is 0.116 e. The summed E-state index contributed by atoms with van der Waals surface area (Å²) in [7, 11) is 0. The van der Waals surface area contributed by atoms with Crippen molar-refractivity contribution in [2.45, 2.75) is 32.6 Å². The van der Waals surface area contributed by atoms with Crippen LogP contribution in [0.1, 0.15) is 38.2 Å². The standard InChI is InChI=1S/C21H18N2/c1-2-3-4-5-6-7-15-12-16-8-10-18-21-19(23-14-22-18)11-9-17(13-15)20(16)21/h8-14H,2-5H2,1H3. The molecule has 0 spiro atoms. The van der Waals surface area contributed by atoms with Gasteiger partial charge in [-0.25, -0.2) is 9.97 Å². The number of rotatable bonds is 3. The maximum atomic E-state index is 4.39. The van der Waals surface area contributed by atoms with E-state index in [0.717, 1.165) is 28.4 Å². The van der Waals surface area contributed by atoms with Gasteiger partial charge in [-0.05, 0) is 41.5 Å². The van der Waals surface area contributed by atoms with Gasteiger partial charge in [-0.1, -0.05) is 43.7 Å². The molecule has 2 heteroatoms. The van der Waals surface area contributed by atoms with E-state index in [1.807, 2.05) is 0 Å². The second-order valence-electron chi connectivity index (χ2n) is 5.97. The first-order chi connectivity index (χ1) is 11.4. The molecule has 0 saturated carbocycles. The molecule has 1 heterocycles. The van der Waals surface area contributed by atoms with Crippen LogP contribution in [0.25, 0.3) is 32.6 Å². The van der Waals surface area contributed by atoms with E-state index in [4.69, 9.17) is 0 Å². The fraction of sp³-hybridized carbons (Fsp3) is 0.238. The second-order valence-corrected chi connectivity index (χ2v) is 5.97. The number of hydrogen-bond acceptors (Lipinski definition) is 2. The first-order valence-electron chi connectivity index (χ1n) is 8.25. The van der Waals surface area contributed by atoms with Gasteiger partial charge in [0.05, 0.1) is 11.0 Å². The molecule has 4 aromatic rings. The molecular weight excluding hydrogens is 280 g/mol. The molecule has 0 unspecified atom stereocenters. The summed E-state index contributed by atoms with van der Waals surface area (Å²) in [4.78, 5) is 8.79. The Morgan fingerprint density at radius 2 is 1.57 bits per heavy atom. The van der Waals surface area contributed by atoms with Gasteiger partial charge in [0.2, 0.25) is 0 Å². The highest BCUT2D eigenvalue weighted by Gasteiger charge is 2.09. The van der Waals surface area contributed by atoms with Crippen molar-refractivity contribution in [3.8, 4) is 11.8 Å². The van der Waals surface area contributed by atoms with Crippen molar-refractivity contribution in [1.29, 1.82) is 0 Å². The molecule has 4 rings (SSSR count). The van der Waals surface area contributed by atoms with Crippen molar-refractivity contribution >= 4 is 32.6 Å². The van der Waals surface area contributed by atoms with Crippen LogP contribution >= 0.6 is 0 Å². The molecule has 0 aliphatic carbocycles. The van der Waals surface area contributed by atoms with Gasteiger partial charge in [0, 0.05) is 22.8 Å². The molecule has 0 radical (unpaired) electrons. The summed E-state index contributed by atoms with van der Waals surface area (Å²) in [5, 5.41) is 4.84. The zero-order valence-corrected chi connectivity index (χ0v) is 13.3. The highest BCUT2D eigenvalue weighted by molar-refractivity contribution is 6.21. The van der Waals surface area contributed by atoms with Gasteiger partial charge in [0.15, 0.2) is 0 Å². The van der Waals surface area contributed by atoms with Crippen LogP contribution in [-0.2, 0) is 0 Å². The van der Waals surface area contributed by atoms with Gasteiger partial charge in [0.25, 0.3) is 0 Å². The third kappa shape index (κ3) is 2.49. The molecule has 0 aliphatic heterocycles. The van der Waals surface area contributed by atoms with Crippen LogP contribution in [0.3, 0.4) is 0 Å². The molecule has 0 saturated heterocycles. The Balaban J connectivity index is 1.83. The van der Waals surface area contributed by atoms with E-state index < -0.39 is 0 Å². The van der Waals surface area contributed by atoms with Crippen LogP contribution in [0.15, 0.2) is 42.7 Å². The zero-order valence-electron chi connectivity index (χ0n) is 13.3. The lowest BCUT2D eigenvalue weighted by Crippen LogP contribution is -1.89. The monoisotopic (exact) mass is 298 g/mol. The van der Waals surface area contributed by atoms with E-state index in [1.54, 1.807) is 6.33 Å². The van der Waals surface area contributed by atoms with E-state index in [9.17, 15) is 0 Å². The lowest BCUT2D eigenvalue weighted by Gasteiger charge is -2.09. The van der Waals surface area contributed by atoms with Crippen molar-refractivity contribution in [3.63, 3.8) is 0 Å². The quantitative estimate of drug-likeness (QED) is 0.291. The predicted molar refractivity (Wildman–Crippen MR) is 96.8 cm³/mol. The minimum atomic E-state index is 0.979. The van der Waals surface area contributed by atoms with Crippen LogP contribution in [-0.4, -0.2) is 9.97 Å². The van der Waals surface area contributed by atoms with Crippen LogP contribution in [0.5, 0.6) is 0 Å². The number of benzene rings is 3. The average Bonchev–Trinajstić information content (AvgIpc) is 2.59. The molecule has 2 nitrogen and oxygen atoms in total. The molecule has 0 N–H and O–H groups in total. The Morgan fingerprint density at radius 1 is 0.870 bits per heavy atom. The van der Waals surface area contributed by atoms with Crippen molar-refractivity contribution in [2.24, 2.45) is 0 Å². The Labute approximate surface area is 135 Å². The summed E-state index contributed by atoms with van der Waals surface area (Å²) in [6.45, 7) is 2.22. The van der Waals surface area contributed by atoms with Crippen molar-refractivity contribution < 1.29 is 0 Å². The summed E-state index contributed by atoms with van der Waals surface area (Å²) in [5.41, 5.74) is 3.10. The molecule has 23 heavy (non-hydrogen) atoms. The number of aromatic nitrogens is 2. The first kappa shape index (κ1) is 14.0. The Morgan fingerprint density at radius 3 is 2.22 bits per heavy atom. The molecule has 1 aromatic heterocycles. The van der Waals surface area contributed by atoms with Gasteiger partial charge in [-0.2, -0.15) is 0 Å². The topological polar surface area (TPSA) is 25.8 Å². The van der Waals surface area contributed by atoms with Crippen LogP contribution < -0.4 is 0 Å². The van der Waals surface area contributed by atoms with Crippen molar-refractivity contribution in [1.82, 2.24) is 9.97 Å². The zero-order chi connectivity index (χ0) is 15.6. The largest absolute Gasteiger partial charge is 0.236 e. The minimum Gasteiger partial charge on any atom is -0.236 e. The molecule has 0 atom stereocenters. The average molecular weight is 298 g/mol. The minimum absolute atomic E-state index is 0.979. The van der Waals surface area contributed by atoms with E-state index >= 15 is 0 Å². The third-order valence-electron chi connectivity index (χ3n) is 4.33. The fourth-order valence-corrected chi connectivity index (χ4v) is 3.20. The molecular formula is C21H18N2. The van der Waals surface area contributed by atoms with Gasteiger partial charge < -0.3 is 0 Å². The highest BCUT2D eigenvalue weighted by atomic mass is 14.8. The normalized spacial score (nSPS) is 11.2. The van der Waals surface area contributed by atoms with E-state index in [2.05, 4.69) is 65.1 Å². The Hall–Kier alpha value is -2.66. The molecule has 112 valence electrons. The SMILES string of the molecule is CCCCCC#Cc1cc2ccc3ncnc4ccc(c1)c2c34. The molecule has 3 aromatic carbocycles. The second kappa shape index (κ2) is 5.85. The predicted octanol–water partition coefficient (Wildman–Crippen LogP) is 5.31. The summed E-state index contributed by atoms with van der Waals surface area (Å²) >= 11 is 0. The summed E-state index contributed by atoms with van der Waals surface area (Å²) in [6.07, 6.45) is 6.30. The fourth-order valence-electron chi connectivity index (χ4n) is 3.20. The third-order valence-corrected chi connectivity index (χ3v) is 4.33. The van der Waals surface area contributed by atoms with Gasteiger partial charge in [0.1, 0.15) is 6.33 Å². The Bertz CT molecular complexity index is 974. The van der Waals surface area contributed by atoms with Gasteiger partial charge >= 0.3 is 0 Å². The molecule has 0 amide bonds. The van der Waals surface area contributed by atoms with Gasteiger partial charge in [-0.3, -0.25) is 0 Å². The van der Waals surface area contributed by atoms with Crippen molar-refractivity contribution in [3.05, 3.63) is 48.3 Å². The maximum absolute atomic E-state index is 4.39. The van der Waals surface area contributed by atoms with Gasteiger partial charge in [-0.15, -0.1) is 0 Å². The van der Waals surface area contributed by atoms with Crippen LogP contribution in [0.2, 0.25) is 0 Å². The highest BCUT2D eigenvalue weighted by Crippen LogP contribution is 2.33. The Kier molecular flexibility index (Phi) is 3.55. The molecule has 0 aliphatic rings. The van der Waals surface area contributed by atoms with E-state index in [-0.39, 0.29) is 0 Å². The van der Waals surface area contributed by atoms with E-state index in [0.29, 0.717) is 0 Å².